The summed E-state index contributed by atoms with van der Waals surface area (Å²) in [6.45, 7) is 0.868. The van der Waals surface area contributed by atoms with E-state index < -0.39 is 0 Å². The highest BCUT2D eigenvalue weighted by atomic mass is 16.1. The van der Waals surface area contributed by atoms with Crippen LogP contribution in [-0.4, -0.2) is 34.3 Å². The van der Waals surface area contributed by atoms with Crippen LogP contribution >= 0.6 is 0 Å². The van der Waals surface area contributed by atoms with Crippen molar-refractivity contribution in [3.05, 3.63) is 42.2 Å². The average molecular weight is 378 g/mol. The average Bonchev–Trinajstić information content (AvgIpc) is 2.69. The van der Waals surface area contributed by atoms with Crippen molar-refractivity contribution in [2.45, 2.75) is 50.0 Å². The second-order valence-electron chi connectivity index (χ2n) is 7.68. The molecule has 1 aromatic carbocycles. The molecule has 1 aliphatic carbocycles. The molecule has 2 aromatic rings. The van der Waals surface area contributed by atoms with E-state index in [0.29, 0.717) is 5.84 Å². The predicted octanol–water partition coefficient (Wildman–Crippen LogP) is 2.17. The number of amides is 1. The normalized spacial score (nSPS) is 21.7. The Balaban J connectivity index is 1.56. The number of nitrogens with two attached hydrogens (primary N) is 2. The Morgan fingerprint density at radius 2 is 1.79 bits per heavy atom. The third kappa shape index (κ3) is 3.49. The lowest BCUT2D eigenvalue weighted by Crippen LogP contribution is -2.48. The zero-order chi connectivity index (χ0) is 19.6. The third-order valence-electron chi connectivity index (χ3n) is 5.98. The fourth-order valence-corrected chi connectivity index (χ4v) is 4.06. The van der Waals surface area contributed by atoms with Crippen LogP contribution in [0, 0.1) is 0 Å². The maximum Gasteiger partial charge on any atom is 0.264 e. The van der Waals surface area contributed by atoms with Crippen molar-refractivity contribution in [1.29, 1.82) is 0 Å². The number of carbonyl (C=O) groups is 1. The van der Waals surface area contributed by atoms with Crippen LogP contribution < -0.4 is 16.8 Å². The lowest BCUT2D eigenvalue weighted by atomic mass is 9.63. The minimum Gasteiger partial charge on any atom is -0.386 e. The fraction of sp³-hybridized carbons (Fsp3) is 0.429. The first-order chi connectivity index (χ1) is 13.6. The highest BCUT2D eigenvalue weighted by molar-refractivity contribution is 6.02. The highest BCUT2D eigenvalue weighted by Crippen LogP contribution is 2.44. The molecule has 7 heteroatoms. The number of nitrogen functional groups attached to an aromatic ring is 1. The molecule has 2 aliphatic rings. The quantitative estimate of drug-likeness (QED) is 0.554. The third-order valence-corrected chi connectivity index (χ3v) is 5.98. The Kier molecular flexibility index (Phi) is 5.09. The number of rotatable bonds is 4. The van der Waals surface area contributed by atoms with E-state index >= 15 is 0 Å². The molecule has 0 bridgehead atoms. The van der Waals surface area contributed by atoms with Gasteiger partial charge in [0.2, 0.25) is 5.95 Å². The van der Waals surface area contributed by atoms with Gasteiger partial charge in [0, 0.05) is 18.0 Å². The Bertz CT molecular complexity index is 865. The van der Waals surface area contributed by atoms with Gasteiger partial charge >= 0.3 is 0 Å². The zero-order valence-electron chi connectivity index (χ0n) is 15.9. The molecule has 1 unspecified atom stereocenters. The molecular formula is C21H26N6O. The predicted molar refractivity (Wildman–Crippen MR) is 110 cm³/mol. The van der Waals surface area contributed by atoms with E-state index in [2.05, 4.69) is 32.4 Å². The molecular weight excluding hydrogens is 352 g/mol. The molecule has 2 fully saturated rings. The number of benzene rings is 1. The van der Waals surface area contributed by atoms with E-state index in [-0.39, 0.29) is 23.3 Å². The summed E-state index contributed by atoms with van der Waals surface area (Å²) in [7, 11) is 0. The number of hydrogen-bond acceptors (Lipinski definition) is 5. The van der Waals surface area contributed by atoms with Crippen LogP contribution in [0.5, 0.6) is 0 Å². The maximum absolute atomic E-state index is 12.5. The molecule has 1 saturated carbocycles. The van der Waals surface area contributed by atoms with Crippen molar-refractivity contribution in [1.82, 2.24) is 15.3 Å². The number of aromatic nitrogens is 2. The highest BCUT2D eigenvalue weighted by Gasteiger charge is 2.43. The van der Waals surface area contributed by atoms with Crippen LogP contribution in [0.15, 0.2) is 41.7 Å². The van der Waals surface area contributed by atoms with Gasteiger partial charge in [0.05, 0.1) is 11.5 Å². The summed E-state index contributed by atoms with van der Waals surface area (Å²) in [5, 5.41) is 3.25. The van der Waals surface area contributed by atoms with Gasteiger partial charge in [0.1, 0.15) is 5.84 Å². The summed E-state index contributed by atoms with van der Waals surface area (Å²) in [4.78, 5) is 24.9. The zero-order valence-corrected chi connectivity index (χ0v) is 15.9. The topological polar surface area (TPSA) is 119 Å². The number of hydrogen-bond donors (Lipinski definition) is 3. The second-order valence-corrected chi connectivity index (χ2v) is 7.68. The molecule has 1 aromatic heterocycles. The van der Waals surface area contributed by atoms with E-state index in [0.717, 1.165) is 61.8 Å². The SMILES string of the molecule is NC(=NC(=O)C1CCCCN1)C1(c2ccc(-c3cnc(N)nc3)cc2)CCC1. The Hall–Kier alpha value is -2.80. The van der Waals surface area contributed by atoms with Crippen molar-refractivity contribution in [2.75, 3.05) is 12.3 Å². The number of nitrogens with zero attached hydrogens (tertiary/aromatic N) is 3. The standard InChI is InChI=1S/C21H26N6O/c22-19(27-18(28)17-4-1-2-11-24-17)21(9-3-10-21)16-7-5-14(6-8-16)15-12-25-20(23)26-13-15/h5-8,12-13,17,24H,1-4,9-11H2,(H2,22,27,28)(H2,23,25,26). The molecule has 1 atom stereocenters. The minimum absolute atomic E-state index is 0.140. The lowest BCUT2D eigenvalue weighted by Gasteiger charge is -2.42. The number of piperidine rings is 1. The van der Waals surface area contributed by atoms with Crippen molar-refractivity contribution < 1.29 is 4.79 Å². The maximum atomic E-state index is 12.5. The van der Waals surface area contributed by atoms with Gasteiger partial charge in [0.25, 0.3) is 5.91 Å². The van der Waals surface area contributed by atoms with Gasteiger partial charge in [-0.2, -0.15) is 4.99 Å². The van der Waals surface area contributed by atoms with Crippen molar-refractivity contribution >= 4 is 17.7 Å². The van der Waals surface area contributed by atoms with Crippen LogP contribution in [0.1, 0.15) is 44.1 Å². The van der Waals surface area contributed by atoms with E-state index in [4.69, 9.17) is 11.5 Å². The van der Waals surface area contributed by atoms with Gasteiger partial charge in [-0.15, -0.1) is 0 Å². The second kappa shape index (κ2) is 7.67. The smallest absolute Gasteiger partial charge is 0.264 e. The van der Waals surface area contributed by atoms with Crippen LogP contribution in [0.25, 0.3) is 11.1 Å². The number of anilines is 1. The summed E-state index contributed by atoms with van der Waals surface area (Å²) in [6, 6.07) is 7.99. The number of nitrogens with one attached hydrogen (secondary N) is 1. The molecule has 1 saturated heterocycles. The molecule has 2 heterocycles. The van der Waals surface area contributed by atoms with Gasteiger partial charge < -0.3 is 16.8 Å². The van der Waals surface area contributed by atoms with Gasteiger partial charge in [-0.05, 0) is 43.4 Å². The monoisotopic (exact) mass is 378 g/mol. The van der Waals surface area contributed by atoms with E-state index in [9.17, 15) is 4.79 Å². The van der Waals surface area contributed by atoms with E-state index in [1.54, 1.807) is 12.4 Å². The van der Waals surface area contributed by atoms with Crippen LogP contribution in [-0.2, 0) is 10.2 Å². The van der Waals surface area contributed by atoms with E-state index in [1.165, 1.54) is 0 Å². The summed E-state index contributed by atoms with van der Waals surface area (Å²) >= 11 is 0. The van der Waals surface area contributed by atoms with Gasteiger partial charge in [-0.1, -0.05) is 37.1 Å². The molecule has 146 valence electrons. The van der Waals surface area contributed by atoms with Gasteiger partial charge in [-0.3, -0.25) is 4.79 Å². The summed E-state index contributed by atoms with van der Waals surface area (Å²) in [5.74, 6) is 0.564. The molecule has 1 amide bonds. The molecule has 0 radical (unpaired) electrons. The summed E-state index contributed by atoms with van der Waals surface area (Å²) in [6.07, 6.45) is 9.33. The largest absolute Gasteiger partial charge is 0.386 e. The first-order valence-corrected chi connectivity index (χ1v) is 9.89. The molecule has 7 nitrogen and oxygen atoms in total. The molecule has 1 aliphatic heterocycles. The number of carbonyl (C=O) groups excluding carboxylic acids is 1. The van der Waals surface area contributed by atoms with Crippen LogP contribution in [0.3, 0.4) is 0 Å². The number of amidine groups is 1. The van der Waals surface area contributed by atoms with Crippen molar-refractivity contribution in [2.24, 2.45) is 10.7 Å². The first-order valence-electron chi connectivity index (χ1n) is 9.89. The molecule has 28 heavy (non-hydrogen) atoms. The van der Waals surface area contributed by atoms with Crippen molar-refractivity contribution in [3.63, 3.8) is 0 Å². The Morgan fingerprint density at radius 1 is 1.07 bits per heavy atom. The van der Waals surface area contributed by atoms with Gasteiger partial charge in [-0.25, -0.2) is 9.97 Å². The Labute approximate surface area is 164 Å². The molecule has 0 spiro atoms. The summed E-state index contributed by atoms with van der Waals surface area (Å²) < 4.78 is 0. The fourth-order valence-electron chi connectivity index (χ4n) is 4.06. The van der Waals surface area contributed by atoms with Crippen molar-refractivity contribution in [3.8, 4) is 11.1 Å². The molecule has 5 N–H and O–H groups in total. The van der Waals surface area contributed by atoms with E-state index in [1.807, 2.05) is 12.1 Å². The molecule has 4 rings (SSSR count). The lowest BCUT2D eigenvalue weighted by molar-refractivity contribution is -0.120. The first kappa shape index (κ1) is 18.6. The Morgan fingerprint density at radius 3 is 2.36 bits per heavy atom. The van der Waals surface area contributed by atoms with Crippen LogP contribution in [0.2, 0.25) is 0 Å². The minimum atomic E-state index is -0.333. The number of aliphatic imine (C=N–C) groups is 1. The van der Waals surface area contributed by atoms with Crippen LogP contribution in [0.4, 0.5) is 5.95 Å². The van der Waals surface area contributed by atoms with Gasteiger partial charge in [0.15, 0.2) is 0 Å². The summed E-state index contributed by atoms with van der Waals surface area (Å²) in [5.41, 5.74) is 14.6.